The summed E-state index contributed by atoms with van der Waals surface area (Å²) < 4.78 is 0. The lowest BCUT2D eigenvalue weighted by atomic mass is 9.90. The van der Waals surface area contributed by atoms with Gasteiger partial charge in [-0.3, -0.25) is 24.1 Å². The molecule has 0 radical (unpaired) electrons. The van der Waals surface area contributed by atoms with Gasteiger partial charge in [0.1, 0.15) is 6.54 Å². The van der Waals surface area contributed by atoms with Crippen molar-refractivity contribution >= 4 is 17.7 Å². The van der Waals surface area contributed by atoms with E-state index in [1.807, 2.05) is 45.0 Å². The van der Waals surface area contributed by atoms with Crippen LogP contribution in [0.2, 0.25) is 0 Å². The van der Waals surface area contributed by atoms with E-state index in [1.54, 1.807) is 5.06 Å². The molecule has 3 atom stereocenters. The molecular weight excluding hydrogens is 406 g/mol. The van der Waals surface area contributed by atoms with Crippen molar-refractivity contribution in [3.8, 4) is 0 Å². The maximum absolute atomic E-state index is 13.5. The van der Waals surface area contributed by atoms with Gasteiger partial charge in [-0.05, 0) is 38.2 Å². The number of nitrogens with one attached hydrogen (secondary N) is 1. The molecular formula is C25H35N3O4. The number of hydrogen-bond donors (Lipinski definition) is 1. The zero-order chi connectivity index (χ0) is 22.8. The number of imide groups is 1. The van der Waals surface area contributed by atoms with Crippen LogP contribution in [-0.2, 0) is 19.2 Å². The third-order valence-electron chi connectivity index (χ3n) is 7.24. The summed E-state index contributed by atoms with van der Waals surface area (Å²) in [6.45, 7) is 6.08. The highest BCUT2D eigenvalue weighted by Gasteiger charge is 2.60. The Morgan fingerprint density at radius 1 is 1.06 bits per heavy atom. The summed E-state index contributed by atoms with van der Waals surface area (Å²) in [5, 5.41) is 4.59. The van der Waals surface area contributed by atoms with Crippen molar-refractivity contribution in [3.05, 3.63) is 35.4 Å². The normalized spacial score (nSPS) is 26.8. The average molecular weight is 442 g/mol. The van der Waals surface area contributed by atoms with E-state index < -0.39 is 18.1 Å². The van der Waals surface area contributed by atoms with Crippen molar-refractivity contribution in [2.45, 2.75) is 89.9 Å². The fourth-order valence-corrected chi connectivity index (χ4v) is 5.37. The van der Waals surface area contributed by atoms with Crippen molar-refractivity contribution in [2.75, 3.05) is 6.54 Å². The molecule has 1 saturated carbocycles. The van der Waals surface area contributed by atoms with Crippen LogP contribution in [0.4, 0.5) is 0 Å². The molecule has 32 heavy (non-hydrogen) atoms. The lowest BCUT2D eigenvalue weighted by Crippen LogP contribution is -2.46. The fraction of sp³-hybridized carbons (Fsp3) is 0.640. The first kappa shape index (κ1) is 22.9. The van der Waals surface area contributed by atoms with Crippen LogP contribution in [0.1, 0.15) is 76.0 Å². The minimum atomic E-state index is -0.850. The zero-order valence-electron chi connectivity index (χ0n) is 19.4. The van der Waals surface area contributed by atoms with Crippen molar-refractivity contribution in [1.29, 1.82) is 0 Å². The van der Waals surface area contributed by atoms with E-state index in [4.69, 9.17) is 4.84 Å². The van der Waals surface area contributed by atoms with Gasteiger partial charge in [-0.1, -0.05) is 62.9 Å². The minimum Gasteiger partial charge on any atom is -0.352 e. The smallest absolute Gasteiger partial charge is 0.261 e. The van der Waals surface area contributed by atoms with Crippen molar-refractivity contribution in [3.63, 3.8) is 0 Å². The highest BCUT2D eigenvalue weighted by atomic mass is 16.7. The summed E-state index contributed by atoms with van der Waals surface area (Å²) in [5.41, 5.74) is 2.00. The number of hydroxylamine groups is 2. The number of amides is 3. The molecule has 3 aliphatic rings. The number of nitrogens with zero attached hydrogens (tertiary/aromatic N) is 2. The minimum absolute atomic E-state index is 0.00791. The van der Waals surface area contributed by atoms with Crippen molar-refractivity contribution < 1.29 is 19.2 Å². The SMILES string of the molecule is CCC(CC)NC(=O)CN1OC2C(=O)N(C3CCCCC3)C(=O)C2C1c1ccc(C)cc1. The number of likely N-dealkylation sites (tertiary alicyclic amines) is 1. The molecule has 2 saturated heterocycles. The third-order valence-corrected chi connectivity index (χ3v) is 7.24. The van der Waals surface area contributed by atoms with Crippen LogP contribution < -0.4 is 5.32 Å². The first-order valence-corrected chi connectivity index (χ1v) is 12.1. The Balaban J connectivity index is 1.59. The van der Waals surface area contributed by atoms with Gasteiger partial charge in [0.15, 0.2) is 6.10 Å². The van der Waals surface area contributed by atoms with Crippen molar-refractivity contribution in [1.82, 2.24) is 15.3 Å². The second-order valence-electron chi connectivity index (χ2n) is 9.40. The van der Waals surface area contributed by atoms with Gasteiger partial charge in [0.25, 0.3) is 5.91 Å². The molecule has 7 heteroatoms. The third kappa shape index (κ3) is 4.33. The number of benzene rings is 1. The predicted octanol–water partition coefficient (Wildman–Crippen LogP) is 3.27. The fourth-order valence-electron chi connectivity index (χ4n) is 5.37. The molecule has 0 bridgehead atoms. The van der Waals surface area contributed by atoms with E-state index >= 15 is 0 Å². The average Bonchev–Trinajstić information content (AvgIpc) is 3.28. The van der Waals surface area contributed by atoms with Gasteiger partial charge in [-0.2, -0.15) is 5.06 Å². The van der Waals surface area contributed by atoms with Crippen LogP contribution in [0.15, 0.2) is 24.3 Å². The van der Waals surface area contributed by atoms with E-state index in [1.165, 1.54) is 4.90 Å². The number of fused-ring (bicyclic) bond motifs is 1. The monoisotopic (exact) mass is 441 g/mol. The molecule has 7 nitrogen and oxygen atoms in total. The maximum Gasteiger partial charge on any atom is 0.261 e. The molecule has 1 N–H and O–H groups in total. The summed E-state index contributed by atoms with van der Waals surface area (Å²) >= 11 is 0. The molecule has 3 unspecified atom stereocenters. The Hall–Kier alpha value is -2.25. The first-order chi connectivity index (χ1) is 15.4. The maximum atomic E-state index is 13.5. The molecule has 2 aliphatic heterocycles. The van der Waals surface area contributed by atoms with Crippen LogP contribution in [0.5, 0.6) is 0 Å². The predicted molar refractivity (Wildman–Crippen MR) is 120 cm³/mol. The molecule has 0 aromatic heterocycles. The molecule has 3 fully saturated rings. The summed E-state index contributed by atoms with van der Waals surface area (Å²) in [5.74, 6) is -1.17. The van der Waals surface area contributed by atoms with Gasteiger partial charge < -0.3 is 5.32 Å². The molecule has 1 aliphatic carbocycles. The number of carbonyl (C=O) groups is 3. The zero-order valence-corrected chi connectivity index (χ0v) is 19.4. The van der Waals surface area contributed by atoms with Crippen LogP contribution in [-0.4, -0.2) is 52.4 Å². The Labute approximate surface area is 190 Å². The Morgan fingerprint density at radius 3 is 2.34 bits per heavy atom. The van der Waals surface area contributed by atoms with E-state index in [0.717, 1.165) is 56.1 Å². The number of hydrogen-bond acceptors (Lipinski definition) is 5. The highest BCUT2D eigenvalue weighted by molar-refractivity contribution is 6.07. The van der Waals surface area contributed by atoms with Gasteiger partial charge in [0.2, 0.25) is 11.8 Å². The Bertz CT molecular complexity index is 845. The number of carbonyl (C=O) groups excluding carboxylic acids is 3. The van der Waals surface area contributed by atoms with E-state index in [2.05, 4.69) is 5.32 Å². The largest absolute Gasteiger partial charge is 0.352 e. The molecule has 174 valence electrons. The quantitative estimate of drug-likeness (QED) is 0.657. The van der Waals surface area contributed by atoms with E-state index in [0.29, 0.717) is 0 Å². The lowest BCUT2D eigenvalue weighted by Gasteiger charge is -2.32. The van der Waals surface area contributed by atoms with Crippen LogP contribution in [0, 0.1) is 12.8 Å². The van der Waals surface area contributed by atoms with E-state index in [-0.39, 0.29) is 36.3 Å². The lowest BCUT2D eigenvalue weighted by molar-refractivity contribution is -0.184. The summed E-state index contributed by atoms with van der Waals surface area (Å²) in [6, 6.07) is 7.54. The van der Waals surface area contributed by atoms with Crippen LogP contribution >= 0.6 is 0 Å². The topological polar surface area (TPSA) is 79.0 Å². The van der Waals surface area contributed by atoms with Crippen LogP contribution in [0.25, 0.3) is 0 Å². The summed E-state index contributed by atoms with van der Waals surface area (Å²) in [6.07, 6.45) is 5.83. The molecule has 3 amide bonds. The van der Waals surface area contributed by atoms with Gasteiger partial charge in [0.05, 0.1) is 12.0 Å². The number of aryl methyl sites for hydroxylation is 1. The second-order valence-corrected chi connectivity index (χ2v) is 9.40. The summed E-state index contributed by atoms with van der Waals surface area (Å²) in [7, 11) is 0. The standard InChI is InChI=1S/C25H35N3O4/c1-4-18(5-2)26-20(29)15-27-22(17-13-11-16(3)12-14-17)21-23(32-27)25(31)28(24(21)30)19-9-7-6-8-10-19/h11-14,18-19,21-23H,4-10,15H2,1-3H3,(H,26,29). The highest BCUT2D eigenvalue weighted by Crippen LogP contribution is 2.45. The van der Waals surface area contributed by atoms with Crippen molar-refractivity contribution in [2.24, 2.45) is 5.92 Å². The van der Waals surface area contributed by atoms with Gasteiger partial charge in [0, 0.05) is 12.1 Å². The Kier molecular flexibility index (Phi) is 6.96. The first-order valence-electron chi connectivity index (χ1n) is 12.1. The molecule has 4 rings (SSSR count). The van der Waals surface area contributed by atoms with Crippen LogP contribution in [0.3, 0.4) is 0 Å². The summed E-state index contributed by atoms with van der Waals surface area (Å²) in [4.78, 5) is 47.1. The van der Waals surface area contributed by atoms with Gasteiger partial charge >= 0.3 is 0 Å². The van der Waals surface area contributed by atoms with Gasteiger partial charge in [-0.25, -0.2) is 0 Å². The van der Waals surface area contributed by atoms with E-state index in [9.17, 15) is 14.4 Å². The number of rotatable bonds is 7. The molecule has 0 spiro atoms. The Morgan fingerprint density at radius 2 is 1.72 bits per heavy atom. The molecule has 1 aromatic carbocycles. The molecule has 1 aromatic rings. The van der Waals surface area contributed by atoms with Gasteiger partial charge in [-0.15, -0.1) is 0 Å². The molecule has 2 heterocycles. The second kappa shape index (κ2) is 9.71.